The van der Waals surface area contributed by atoms with Crippen molar-refractivity contribution in [2.45, 2.75) is 23.6 Å². The summed E-state index contributed by atoms with van der Waals surface area (Å²) in [5.41, 5.74) is 1.15. The van der Waals surface area contributed by atoms with E-state index in [2.05, 4.69) is 25.2 Å². The van der Waals surface area contributed by atoms with Gasteiger partial charge in [-0.15, -0.1) is 0 Å². The molecule has 1 heterocycles. The minimum Gasteiger partial charge on any atom is -0.370 e. The van der Waals surface area contributed by atoms with E-state index in [0.717, 1.165) is 10.7 Å². The Bertz CT molecular complexity index is 322. The normalized spacial score (nSPS) is 18.6. The molecule has 0 fully saturated rings. The van der Waals surface area contributed by atoms with Crippen molar-refractivity contribution in [1.29, 1.82) is 0 Å². The molecule has 1 aliphatic heterocycles. The van der Waals surface area contributed by atoms with Crippen molar-refractivity contribution in [2.24, 2.45) is 0 Å². The molecular formula is C9H10ClNS. The molecule has 0 bridgehead atoms. The van der Waals surface area contributed by atoms with Gasteiger partial charge in [0.25, 0.3) is 0 Å². The average molecular weight is 200 g/mol. The Morgan fingerprint density at radius 2 is 2.17 bits per heavy atom. The first-order valence-corrected chi connectivity index (χ1v) is 5.03. The van der Waals surface area contributed by atoms with Gasteiger partial charge in [-0.1, -0.05) is 23.4 Å². The summed E-state index contributed by atoms with van der Waals surface area (Å²) in [5, 5.41) is 4.18. The summed E-state index contributed by atoms with van der Waals surface area (Å²) in [5.74, 6) is 0. The van der Waals surface area contributed by atoms with Gasteiger partial charge in [0.2, 0.25) is 0 Å². The highest BCUT2D eigenvalue weighted by molar-refractivity contribution is 8.01. The zero-order valence-electron chi connectivity index (χ0n) is 7.02. The summed E-state index contributed by atoms with van der Waals surface area (Å²) >= 11 is 7.70. The number of nitrogens with one attached hydrogen (secondary N) is 1. The summed E-state index contributed by atoms with van der Waals surface area (Å²) in [6.07, 6.45) is 0. The van der Waals surface area contributed by atoms with Gasteiger partial charge in [0, 0.05) is 9.92 Å². The molecule has 0 unspecified atom stereocenters. The molecule has 1 aromatic carbocycles. The Balaban J connectivity index is 2.43. The number of hydrogen-bond acceptors (Lipinski definition) is 2. The van der Waals surface area contributed by atoms with Crippen molar-refractivity contribution >= 4 is 29.1 Å². The smallest absolute Gasteiger partial charge is 0.0824 e. The van der Waals surface area contributed by atoms with Crippen molar-refractivity contribution < 1.29 is 0 Å². The van der Waals surface area contributed by atoms with Crippen LogP contribution in [0.1, 0.15) is 13.8 Å². The minimum absolute atomic E-state index is 0.104. The highest BCUT2D eigenvalue weighted by atomic mass is 35.5. The first-order chi connectivity index (χ1) is 5.57. The van der Waals surface area contributed by atoms with E-state index in [1.165, 1.54) is 4.90 Å². The Morgan fingerprint density at radius 1 is 1.42 bits per heavy atom. The standard InChI is InChI=1S/C9H10ClNS/c1-9(2)11-7-5-6(10)3-4-8(7)12-9/h3-5,11H,1-2H3. The van der Waals surface area contributed by atoms with Gasteiger partial charge in [-0.2, -0.15) is 0 Å². The largest absolute Gasteiger partial charge is 0.370 e. The number of rotatable bonds is 0. The molecule has 0 atom stereocenters. The van der Waals surface area contributed by atoms with E-state index in [0.29, 0.717) is 0 Å². The lowest BCUT2D eigenvalue weighted by molar-refractivity contribution is 0.837. The highest BCUT2D eigenvalue weighted by Crippen LogP contribution is 2.45. The van der Waals surface area contributed by atoms with Crippen molar-refractivity contribution in [1.82, 2.24) is 0 Å². The Morgan fingerprint density at radius 3 is 2.92 bits per heavy atom. The summed E-state index contributed by atoms with van der Waals surface area (Å²) in [6.45, 7) is 4.32. The molecule has 0 radical (unpaired) electrons. The lowest BCUT2D eigenvalue weighted by Gasteiger charge is -2.16. The number of fused-ring (bicyclic) bond motifs is 1. The Kier molecular flexibility index (Phi) is 1.77. The van der Waals surface area contributed by atoms with Crippen LogP contribution in [0.4, 0.5) is 5.69 Å². The second kappa shape index (κ2) is 2.57. The number of benzene rings is 1. The molecule has 1 nitrogen and oxygen atoms in total. The molecule has 0 spiro atoms. The monoisotopic (exact) mass is 199 g/mol. The average Bonchev–Trinajstić information content (AvgIpc) is 2.21. The molecule has 3 heteroatoms. The maximum Gasteiger partial charge on any atom is 0.0824 e. The van der Waals surface area contributed by atoms with Crippen LogP contribution in [0, 0.1) is 0 Å². The quantitative estimate of drug-likeness (QED) is 0.686. The van der Waals surface area contributed by atoms with E-state index in [9.17, 15) is 0 Å². The van der Waals surface area contributed by atoms with Gasteiger partial charge in [0.05, 0.1) is 10.6 Å². The van der Waals surface area contributed by atoms with Crippen LogP contribution in [0.3, 0.4) is 0 Å². The number of anilines is 1. The maximum absolute atomic E-state index is 5.87. The molecule has 0 amide bonds. The molecule has 0 aliphatic carbocycles. The van der Waals surface area contributed by atoms with E-state index >= 15 is 0 Å². The topological polar surface area (TPSA) is 12.0 Å². The highest BCUT2D eigenvalue weighted by Gasteiger charge is 2.27. The molecule has 0 saturated heterocycles. The van der Waals surface area contributed by atoms with E-state index in [-0.39, 0.29) is 4.87 Å². The fourth-order valence-corrected chi connectivity index (χ4v) is 2.55. The maximum atomic E-state index is 5.87. The van der Waals surface area contributed by atoms with E-state index in [1.54, 1.807) is 0 Å². The van der Waals surface area contributed by atoms with Gasteiger partial charge in [0.15, 0.2) is 0 Å². The second-order valence-corrected chi connectivity index (χ2v) is 5.48. The van der Waals surface area contributed by atoms with Crippen molar-refractivity contribution in [2.75, 3.05) is 5.32 Å². The van der Waals surface area contributed by atoms with E-state index in [4.69, 9.17) is 11.6 Å². The predicted octanol–water partition coefficient (Wildman–Crippen LogP) is 3.59. The molecule has 1 aromatic rings. The number of halogens is 1. The molecule has 2 rings (SSSR count). The molecule has 1 aliphatic rings. The second-order valence-electron chi connectivity index (χ2n) is 3.38. The third kappa shape index (κ3) is 1.41. The van der Waals surface area contributed by atoms with Crippen LogP contribution in [0.25, 0.3) is 0 Å². The van der Waals surface area contributed by atoms with Gasteiger partial charge in [-0.05, 0) is 32.0 Å². The molecule has 12 heavy (non-hydrogen) atoms. The van der Waals surface area contributed by atoms with Gasteiger partial charge in [0.1, 0.15) is 0 Å². The van der Waals surface area contributed by atoms with Crippen LogP contribution in [0.2, 0.25) is 5.02 Å². The van der Waals surface area contributed by atoms with Crippen LogP contribution in [0.5, 0.6) is 0 Å². The van der Waals surface area contributed by atoms with Crippen LogP contribution >= 0.6 is 23.4 Å². The SMILES string of the molecule is CC1(C)Nc2cc(Cl)ccc2S1. The van der Waals surface area contributed by atoms with Gasteiger partial charge in [-0.25, -0.2) is 0 Å². The zero-order valence-corrected chi connectivity index (χ0v) is 8.59. The number of thioether (sulfide) groups is 1. The molecule has 0 saturated carbocycles. The van der Waals surface area contributed by atoms with E-state index in [1.807, 2.05) is 23.9 Å². The predicted molar refractivity (Wildman–Crippen MR) is 55.0 cm³/mol. The van der Waals surface area contributed by atoms with Crippen molar-refractivity contribution in [3.05, 3.63) is 23.2 Å². The fourth-order valence-electron chi connectivity index (χ4n) is 1.31. The Labute approximate surface area is 81.5 Å². The van der Waals surface area contributed by atoms with Gasteiger partial charge in [-0.3, -0.25) is 0 Å². The Hall–Kier alpha value is -0.340. The van der Waals surface area contributed by atoms with Crippen LogP contribution in [-0.4, -0.2) is 4.87 Å². The molecule has 1 N–H and O–H groups in total. The third-order valence-electron chi connectivity index (χ3n) is 1.74. The zero-order chi connectivity index (χ0) is 8.77. The number of hydrogen-bond donors (Lipinski definition) is 1. The molecule has 64 valence electrons. The molecular weight excluding hydrogens is 190 g/mol. The molecule has 0 aromatic heterocycles. The van der Waals surface area contributed by atoms with Crippen LogP contribution < -0.4 is 5.32 Å². The fraction of sp³-hybridized carbons (Fsp3) is 0.333. The third-order valence-corrected chi connectivity index (χ3v) is 3.17. The van der Waals surface area contributed by atoms with E-state index < -0.39 is 0 Å². The van der Waals surface area contributed by atoms with Crippen LogP contribution in [-0.2, 0) is 0 Å². The minimum atomic E-state index is 0.104. The first kappa shape index (κ1) is 8.27. The summed E-state index contributed by atoms with van der Waals surface area (Å²) in [4.78, 5) is 1.39. The van der Waals surface area contributed by atoms with Crippen molar-refractivity contribution in [3.63, 3.8) is 0 Å². The summed E-state index contributed by atoms with van der Waals surface area (Å²) < 4.78 is 0. The lowest BCUT2D eigenvalue weighted by Crippen LogP contribution is -2.20. The lowest BCUT2D eigenvalue weighted by atomic mass is 10.3. The van der Waals surface area contributed by atoms with Crippen LogP contribution in [0.15, 0.2) is 23.1 Å². The summed E-state index contributed by atoms with van der Waals surface area (Å²) in [6, 6.07) is 5.96. The summed E-state index contributed by atoms with van der Waals surface area (Å²) in [7, 11) is 0. The van der Waals surface area contributed by atoms with Gasteiger partial charge < -0.3 is 5.32 Å². The van der Waals surface area contributed by atoms with Gasteiger partial charge >= 0.3 is 0 Å². The van der Waals surface area contributed by atoms with Crippen molar-refractivity contribution in [3.8, 4) is 0 Å². The first-order valence-electron chi connectivity index (χ1n) is 3.84.